The molecule has 1 saturated heterocycles. The molecule has 1 fully saturated rings. The van der Waals surface area contributed by atoms with Crippen molar-refractivity contribution >= 4 is 29.2 Å². The van der Waals surface area contributed by atoms with Crippen LogP contribution in [0, 0.1) is 6.92 Å². The van der Waals surface area contributed by atoms with Crippen LogP contribution in [-0.4, -0.2) is 71.0 Å². The highest BCUT2D eigenvalue weighted by atomic mass is 16.3. The van der Waals surface area contributed by atoms with E-state index in [0.29, 0.717) is 12.0 Å². The summed E-state index contributed by atoms with van der Waals surface area (Å²) in [4.78, 5) is 33.8. The maximum absolute atomic E-state index is 13.3. The first-order chi connectivity index (χ1) is 15.6. The molecule has 1 aromatic carbocycles. The van der Waals surface area contributed by atoms with Crippen LogP contribution >= 0.6 is 0 Å². The number of nitrogens with zero attached hydrogens (tertiary/aromatic N) is 2. The maximum Gasteiger partial charge on any atom is 0.256 e. The molecule has 0 atom stereocenters. The minimum atomic E-state index is -0.157. The number of fused-ring (bicyclic) bond motifs is 2. The van der Waals surface area contributed by atoms with Gasteiger partial charge < -0.3 is 25.2 Å². The summed E-state index contributed by atoms with van der Waals surface area (Å²) >= 11 is 0. The summed E-state index contributed by atoms with van der Waals surface area (Å²) in [5.74, 6) is -0.0722. The smallest absolute Gasteiger partial charge is 0.256 e. The quantitative estimate of drug-likeness (QED) is 0.610. The lowest BCUT2D eigenvalue weighted by atomic mass is 9.97. The minimum Gasteiger partial charge on any atom is -0.396 e. The fourth-order valence-corrected chi connectivity index (χ4v) is 5.23. The van der Waals surface area contributed by atoms with Crippen LogP contribution in [-0.2, 0) is 17.6 Å². The lowest BCUT2D eigenvalue weighted by Gasteiger charge is -2.29. The summed E-state index contributed by atoms with van der Waals surface area (Å²) < 4.78 is 0. The van der Waals surface area contributed by atoms with Crippen molar-refractivity contribution in [3.63, 3.8) is 0 Å². The molecule has 0 spiro atoms. The molecule has 0 aliphatic carbocycles. The molecule has 3 aliphatic rings. The van der Waals surface area contributed by atoms with Crippen LogP contribution in [0.4, 0.5) is 5.69 Å². The van der Waals surface area contributed by atoms with E-state index in [9.17, 15) is 14.7 Å². The van der Waals surface area contributed by atoms with Crippen molar-refractivity contribution < 1.29 is 14.7 Å². The van der Waals surface area contributed by atoms with Gasteiger partial charge in [-0.1, -0.05) is 12.1 Å². The number of anilines is 1. The van der Waals surface area contributed by atoms with E-state index in [-0.39, 0.29) is 18.4 Å². The number of likely N-dealkylation sites (tertiary alicyclic amines) is 1. The Balaban J connectivity index is 1.43. The van der Waals surface area contributed by atoms with Gasteiger partial charge >= 0.3 is 0 Å². The first-order valence-electron chi connectivity index (χ1n) is 11.6. The largest absolute Gasteiger partial charge is 0.396 e. The number of aliphatic hydroxyl groups excluding tert-OH is 1. The van der Waals surface area contributed by atoms with Crippen molar-refractivity contribution in [2.75, 3.05) is 44.6 Å². The van der Waals surface area contributed by atoms with Gasteiger partial charge in [0.25, 0.3) is 11.8 Å². The number of benzene rings is 1. The number of rotatable bonds is 6. The lowest BCUT2D eigenvalue weighted by Crippen LogP contribution is -2.42. The summed E-state index contributed by atoms with van der Waals surface area (Å²) in [6, 6.07) is 5.71. The van der Waals surface area contributed by atoms with Crippen LogP contribution in [0.15, 0.2) is 18.2 Å². The summed E-state index contributed by atoms with van der Waals surface area (Å²) in [7, 11) is 0. The van der Waals surface area contributed by atoms with Crippen molar-refractivity contribution in [2.45, 2.75) is 32.6 Å². The number of nitrogens with one attached hydrogen (secondary N) is 2. The van der Waals surface area contributed by atoms with Gasteiger partial charge in [0.1, 0.15) is 0 Å². The molecule has 3 aliphatic heterocycles. The lowest BCUT2D eigenvalue weighted by molar-refractivity contribution is -0.110. The predicted octanol–water partition coefficient (Wildman–Crippen LogP) is 2.44. The summed E-state index contributed by atoms with van der Waals surface area (Å²) in [5.41, 5.74) is 6.54. The first-order valence-corrected chi connectivity index (χ1v) is 11.6. The Kier molecular flexibility index (Phi) is 5.61. The molecule has 0 bridgehead atoms. The van der Waals surface area contributed by atoms with E-state index in [1.165, 1.54) is 12.8 Å². The second-order valence-corrected chi connectivity index (χ2v) is 8.93. The zero-order valence-electron chi connectivity index (χ0n) is 18.5. The number of hydrogen-bond acceptors (Lipinski definition) is 4. The van der Waals surface area contributed by atoms with Gasteiger partial charge in [-0.3, -0.25) is 9.59 Å². The molecule has 0 radical (unpaired) electrons. The van der Waals surface area contributed by atoms with Gasteiger partial charge in [-0.25, -0.2) is 0 Å². The topological polar surface area (TPSA) is 88.7 Å². The van der Waals surface area contributed by atoms with E-state index in [1.54, 1.807) is 0 Å². The molecule has 168 valence electrons. The number of amides is 2. The second kappa shape index (κ2) is 8.56. The van der Waals surface area contributed by atoms with Crippen LogP contribution in [0.5, 0.6) is 0 Å². The molecule has 7 nitrogen and oxygen atoms in total. The fourth-order valence-electron chi connectivity index (χ4n) is 5.23. The molecule has 1 aromatic heterocycles. The summed E-state index contributed by atoms with van der Waals surface area (Å²) in [5, 5.41) is 12.4. The van der Waals surface area contributed by atoms with E-state index in [0.717, 1.165) is 78.5 Å². The number of H-pyrrole nitrogens is 1. The summed E-state index contributed by atoms with van der Waals surface area (Å²) in [6.45, 7) is 6.67. The third kappa shape index (κ3) is 3.65. The summed E-state index contributed by atoms with van der Waals surface area (Å²) in [6.07, 6.45) is 5.65. The average Bonchev–Trinajstić information content (AvgIpc) is 3.48. The number of aromatic nitrogens is 1. The van der Waals surface area contributed by atoms with E-state index in [4.69, 9.17) is 0 Å². The van der Waals surface area contributed by atoms with Gasteiger partial charge in [0, 0.05) is 55.3 Å². The third-order valence-electron chi connectivity index (χ3n) is 6.97. The Morgan fingerprint density at radius 3 is 2.69 bits per heavy atom. The van der Waals surface area contributed by atoms with E-state index in [2.05, 4.69) is 15.2 Å². The molecule has 5 rings (SSSR count). The second-order valence-electron chi connectivity index (χ2n) is 8.93. The molecule has 7 heteroatoms. The first kappa shape index (κ1) is 21.0. The van der Waals surface area contributed by atoms with Gasteiger partial charge in [-0.2, -0.15) is 0 Å². The standard InChI is InChI=1S/C25H30N4O3/c1-16-21(15-18-23-17(8-14-30)5-4-6-19(23)27-24(18)31)26-20-7-11-29(25(32)22(16)20)13-12-28-9-2-3-10-28/h4-6,15,26,30H,2-3,7-14H2,1H3,(H,27,31). The number of aliphatic hydroxyl groups is 1. The van der Waals surface area contributed by atoms with Crippen molar-refractivity contribution in [1.29, 1.82) is 0 Å². The zero-order valence-corrected chi connectivity index (χ0v) is 18.5. The monoisotopic (exact) mass is 434 g/mol. The molecule has 32 heavy (non-hydrogen) atoms. The third-order valence-corrected chi connectivity index (χ3v) is 6.97. The van der Waals surface area contributed by atoms with Gasteiger partial charge in [0.15, 0.2) is 0 Å². The van der Waals surface area contributed by atoms with Gasteiger partial charge in [-0.15, -0.1) is 0 Å². The van der Waals surface area contributed by atoms with Crippen LogP contribution in [0.25, 0.3) is 11.6 Å². The Labute approximate surface area is 188 Å². The molecule has 2 aromatic rings. The average molecular weight is 435 g/mol. The zero-order chi connectivity index (χ0) is 22.2. The van der Waals surface area contributed by atoms with E-state index < -0.39 is 0 Å². The van der Waals surface area contributed by atoms with Gasteiger partial charge in [-0.05, 0) is 62.5 Å². The Morgan fingerprint density at radius 2 is 1.91 bits per heavy atom. The normalized spacial score (nSPS) is 19.6. The molecule has 4 heterocycles. The van der Waals surface area contributed by atoms with Crippen LogP contribution in [0.2, 0.25) is 0 Å². The molecule has 0 unspecified atom stereocenters. The number of carbonyl (C=O) groups excluding carboxylic acids is 2. The fraction of sp³-hybridized carbons (Fsp3) is 0.440. The minimum absolute atomic E-state index is 0.0233. The highest BCUT2D eigenvalue weighted by Gasteiger charge is 2.31. The highest BCUT2D eigenvalue weighted by Crippen LogP contribution is 2.37. The van der Waals surface area contributed by atoms with Crippen molar-refractivity contribution in [2.24, 2.45) is 0 Å². The van der Waals surface area contributed by atoms with Crippen LogP contribution < -0.4 is 5.32 Å². The number of hydrogen-bond donors (Lipinski definition) is 3. The van der Waals surface area contributed by atoms with Gasteiger partial charge in [0.2, 0.25) is 0 Å². The predicted molar refractivity (Wildman–Crippen MR) is 125 cm³/mol. The molecular weight excluding hydrogens is 404 g/mol. The molecule has 2 amide bonds. The maximum atomic E-state index is 13.3. The Bertz CT molecular complexity index is 1090. The number of aromatic amines is 1. The van der Waals surface area contributed by atoms with Gasteiger partial charge in [0.05, 0.1) is 11.1 Å². The van der Waals surface area contributed by atoms with E-state index in [1.807, 2.05) is 36.1 Å². The highest BCUT2D eigenvalue weighted by molar-refractivity contribution is 6.35. The van der Waals surface area contributed by atoms with Crippen molar-refractivity contribution in [3.8, 4) is 0 Å². The van der Waals surface area contributed by atoms with Crippen LogP contribution in [0.1, 0.15) is 51.3 Å². The van der Waals surface area contributed by atoms with Crippen LogP contribution in [0.3, 0.4) is 0 Å². The van der Waals surface area contributed by atoms with E-state index >= 15 is 0 Å². The Morgan fingerprint density at radius 1 is 1.09 bits per heavy atom. The molecular formula is C25H30N4O3. The Hall–Kier alpha value is -2.90. The molecule has 3 N–H and O–H groups in total. The van der Waals surface area contributed by atoms with Crippen molar-refractivity contribution in [1.82, 2.24) is 14.8 Å². The van der Waals surface area contributed by atoms with Crippen molar-refractivity contribution in [3.05, 3.63) is 51.8 Å². The molecule has 0 saturated carbocycles. The number of carbonyl (C=O) groups is 2. The SMILES string of the molecule is Cc1c(C=C2C(=O)Nc3cccc(CCO)c32)[nH]c2c1C(=O)N(CCN1CCCC1)CC2.